The maximum absolute atomic E-state index is 12.2. The van der Waals surface area contributed by atoms with Crippen molar-refractivity contribution >= 4 is 17.7 Å². The number of fused-ring (bicyclic) bond motifs is 1. The van der Waals surface area contributed by atoms with Crippen LogP contribution in [0, 0.1) is 0 Å². The summed E-state index contributed by atoms with van der Waals surface area (Å²) in [6, 6.07) is 4.83. The molecule has 6 nitrogen and oxygen atoms in total. The molecule has 0 saturated heterocycles. The van der Waals surface area contributed by atoms with Crippen LogP contribution in [0.15, 0.2) is 18.2 Å². The molecule has 0 atom stereocenters. The second-order valence-electron chi connectivity index (χ2n) is 5.09. The third kappa shape index (κ3) is 3.72. The number of benzene rings is 1. The van der Waals surface area contributed by atoms with Crippen LogP contribution in [0.25, 0.3) is 0 Å². The van der Waals surface area contributed by atoms with Crippen LogP contribution in [0.4, 0.5) is 10.5 Å². The van der Waals surface area contributed by atoms with E-state index in [0.717, 1.165) is 37.1 Å². The Morgan fingerprint density at radius 3 is 2.86 bits per heavy atom. The molecule has 0 radical (unpaired) electrons. The van der Waals surface area contributed by atoms with E-state index >= 15 is 0 Å². The molecule has 0 saturated carbocycles. The summed E-state index contributed by atoms with van der Waals surface area (Å²) in [5, 5.41) is 15.0. The molecule has 2 rings (SSSR count). The summed E-state index contributed by atoms with van der Waals surface area (Å²) in [5.74, 6) is -0.938. The quantitative estimate of drug-likeness (QED) is 0.717. The topological polar surface area (TPSA) is 81.7 Å². The van der Waals surface area contributed by atoms with E-state index in [1.807, 2.05) is 7.05 Å². The second kappa shape index (κ2) is 7.08. The van der Waals surface area contributed by atoms with Gasteiger partial charge in [0.05, 0.1) is 5.56 Å². The number of nitrogens with one attached hydrogen (secondary N) is 2. The Morgan fingerprint density at radius 1 is 1.33 bits per heavy atom. The fourth-order valence-corrected chi connectivity index (χ4v) is 2.50. The Morgan fingerprint density at radius 2 is 2.14 bits per heavy atom. The van der Waals surface area contributed by atoms with Crippen molar-refractivity contribution < 1.29 is 14.7 Å². The number of hydrogen-bond donors (Lipinski definition) is 3. The molecule has 0 fully saturated rings. The molecule has 2 amide bonds. The highest BCUT2D eigenvalue weighted by Crippen LogP contribution is 2.28. The Kier molecular flexibility index (Phi) is 5.16. The molecule has 0 aliphatic carbocycles. The molecule has 1 aromatic carbocycles. The third-order valence-corrected chi connectivity index (χ3v) is 3.57. The van der Waals surface area contributed by atoms with Gasteiger partial charge in [0, 0.05) is 18.8 Å². The van der Waals surface area contributed by atoms with Crippen molar-refractivity contribution in [2.45, 2.75) is 19.3 Å². The summed E-state index contributed by atoms with van der Waals surface area (Å²) >= 11 is 0. The van der Waals surface area contributed by atoms with Crippen LogP contribution in [0.5, 0.6) is 0 Å². The minimum absolute atomic E-state index is 0.116. The zero-order valence-corrected chi connectivity index (χ0v) is 12.2. The van der Waals surface area contributed by atoms with E-state index in [4.69, 9.17) is 5.11 Å². The molecule has 0 spiro atoms. The van der Waals surface area contributed by atoms with Crippen molar-refractivity contribution in [1.82, 2.24) is 10.6 Å². The van der Waals surface area contributed by atoms with E-state index in [9.17, 15) is 9.59 Å². The summed E-state index contributed by atoms with van der Waals surface area (Å²) in [6.07, 6.45) is 2.53. The highest BCUT2D eigenvalue weighted by molar-refractivity contribution is 5.95. The minimum Gasteiger partial charge on any atom is -0.478 e. The molecule has 0 aromatic heterocycles. The molecule has 1 heterocycles. The van der Waals surface area contributed by atoms with E-state index in [1.165, 1.54) is 0 Å². The average Bonchev–Trinajstić information content (AvgIpc) is 2.50. The van der Waals surface area contributed by atoms with E-state index in [2.05, 4.69) is 10.6 Å². The van der Waals surface area contributed by atoms with Gasteiger partial charge in [-0.05, 0) is 56.6 Å². The highest BCUT2D eigenvalue weighted by Gasteiger charge is 2.23. The van der Waals surface area contributed by atoms with E-state index in [0.29, 0.717) is 13.1 Å². The van der Waals surface area contributed by atoms with Crippen molar-refractivity contribution in [3.63, 3.8) is 0 Å². The predicted molar refractivity (Wildman–Crippen MR) is 81.0 cm³/mol. The predicted octanol–water partition coefficient (Wildman–Crippen LogP) is 1.46. The Bertz CT molecular complexity index is 531. The standard InChI is InChI=1S/C15H21N3O3/c1-16-7-3-8-17-15(21)18-9-2-4-11-10-12(14(19)20)5-6-13(11)18/h5-6,10,16H,2-4,7-9H2,1H3,(H,17,21)(H,19,20). The number of urea groups is 1. The number of nitrogens with zero attached hydrogens (tertiary/aromatic N) is 1. The monoisotopic (exact) mass is 291 g/mol. The van der Waals surface area contributed by atoms with Crippen LogP contribution in [-0.2, 0) is 6.42 Å². The van der Waals surface area contributed by atoms with Gasteiger partial charge in [-0.2, -0.15) is 0 Å². The zero-order chi connectivity index (χ0) is 15.2. The lowest BCUT2D eigenvalue weighted by atomic mass is 9.99. The number of aryl methyl sites for hydroxylation is 1. The van der Waals surface area contributed by atoms with Crippen LogP contribution in [0.2, 0.25) is 0 Å². The second-order valence-corrected chi connectivity index (χ2v) is 5.09. The number of aromatic carboxylic acids is 1. The first-order valence-electron chi connectivity index (χ1n) is 7.19. The van der Waals surface area contributed by atoms with Gasteiger partial charge in [0.25, 0.3) is 0 Å². The molecule has 1 aliphatic heterocycles. The number of rotatable bonds is 5. The molecular weight excluding hydrogens is 270 g/mol. The van der Waals surface area contributed by atoms with Crippen molar-refractivity contribution in [3.8, 4) is 0 Å². The maximum atomic E-state index is 12.2. The lowest BCUT2D eigenvalue weighted by Gasteiger charge is -2.29. The molecule has 1 aliphatic rings. The lowest BCUT2D eigenvalue weighted by Crippen LogP contribution is -2.43. The molecule has 3 N–H and O–H groups in total. The van der Waals surface area contributed by atoms with Gasteiger partial charge in [0.15, 0.2) is 0 Å². The van der Waals surface area contributed by atoms with Crippen molar-refractivity contribution in [1.29, 1.82) is 0 Å². The summed E-state index contributed by atoms with van der Waals surface area (Å²) < 4.78 is 0. The Balaban J connectivity index is 2.07. The number of carbonyl (C=O) groups is 2. The van der Waals surface area contributed by atoms with Crippen LogP contribution >= 0.6 is 0 Å². The van der Waals surface area contributed by atoms with Gasteiger partial charge >= 0.3 is 12.0 Å². The van der Waals surface area contributed by atoms with Gasteiger partial charge in [0.2, 0.25) is 0 Å². The van der Waals surface area contributed by atoms with E-state index < -0.39 is 5.97 Å². The van der Waals surface area contributed by atoms with Crippen LogP contribution in [0.3, 0.4) is 0 Å². The van der Waals surface area contributed by atoms with Gasteiger partial charge in [-0.25, -0.2) is 9.59 Å². The first-order valence-corrected chi connectivity index (χ1v) is 7.19. The molecule has 0 unspecified atom stereocenters. The van der Waals surface area contributed by atoms with Gasteiger partial charge in [-0.1, -0.05) is 0 Å². The minimum atomic E-state index is -0.938. The summed E-state index contributed by atoms with van der Waals surface area (Å²) in [5.41, 5.74) is 2.01. The SMILES string of the molecule is CNCCCNC(=O)N1CCCc2cc(C(=O)O)ccc21. The summed E-state index contributed by atoms with van der Waals surface area (Å²) in [6.45, 7) is 2.15. The number of carboxylic acids is 1. The van der Waals surface area contributed by atoms with Crippen LogP contribution < -0.4 is 15.5 Å². The van der Waals surface area contributed by atoms with Gasteiger partial charge in [-0.15, -0.1) is 0 Å². The van der Waals surface area contributed by atoms with Gasteiger partial charge in [0.1, 0.15) is 0 Å². The molecule has 114 valence electrons. The number of carboxylic acid groups (broad SMARTS) is 1. The summed E-state index contributed by atoms with van der Waals surface area (Å²) in [7, 11) is 1.88. The number of amides is 2. The largest absolute Gasteiger partial charge is 0.478 e. The number of anilines is 1. The average molecular weight is 291 g/mol. The van der Waals surface area contributed by atoms with Crippen molar-refractivity contribution in [2.24, 2.45) is 0 Å². The lowest BCUT2D eigenvalue weighted by molar-refractivity contribution is 0.0696. The molecule has 1 aromatic rings. The molecule has 6 heteroatoms. The van der Waals surface area contributed by atoms with E-state index in [-0.39, 0.29) is 11.6 Å². The first-order chi connectivity index (χ1) is 10.1. The number of carbonyl (C=O) groups excluding carboxylic acids is 1. The van der Waals surface area contributed by atoms with E-state index in [1.54, 1.807) is 23.1 Å². The normalized spacial score (nSPS) is 13.7. The van der Waals surface area contributed by atoms with Gasteiger partial charge < -0.3 is 15.7 Å². The smallest absolute Gasteiger partial charge is 0.335 e. The zero-order valence-electron chi connectivity index (χ0n) is 12.2. The van der Waals surface area contributed by atoms with Crippen molar-refractivity contribution in [3.05, 3.63) is 29.3 Å². The van der Waals surface area contributed by atoms with Gasteiger partial charge in [-0.3, -0.25) is 4.90 Å². The Labute approximate surface area is 124 Å². The Hall–Kier alpha value is -2.08. The third-order valence-electron chi connectivity index (χ3n) is 3.57. The molecule has 21 heavy (non-hydrogen) atoms. The molecular formula is C15H21N3O3. The number of hydrogen-bond acceptors (Lipinski definition) is 3. The molecule has 0 bridgehead atoms. The van der Waals surface area contributed by atoms with Crippen LogP contribution in [-0.4, -0.2) is 43.8 Å². The maximum Gasteiger partial charge on any atom is 0.335 e. The first kappa shape index (κ1) is 15.3. The van der Waals surface area contributed by atoms with Crippen LogP contribution in [0.1, 0.15) is 28.8 Å². The highest BCUT2D eigenvalue weighted by atomic mass is 16.4. The fourth-order valence-electron chi connectivity index (χ4n) is 2.50. The van der Waals surface area contributed by atoms with Crippen molar-refractivity contribution in [2.75, 3.05) is 31.6 Å². The summed E-state index contributed by atoms with van der Waals surface area (Å²) in [4.78, 5) is 24.9. The fraction of sp³-hybridized carbons (Fsp3) is 0.467.